The second-order valence-electron chi connectivity index (χ2n) is 15.1. The molecular weight excluding hydrogens is 660 g/mol. The Morgan fingerprint density at radius 1 is 0.920 bits per heavy atom. The largest absolute Gasteiger partial charge is 0.444 e. The normalized spacial score (nSPS) is 21.7. The van der Waals surface area contributed by atoms with Crippen LogP contribution >= 0.6 is 0 Å². The number of alkyl halides is 3. The summed E-state index contributed by atoms with van der Waals surface area (Å²) in [4.78, 5) is 58.0. The Hall–Kier alpha value is -3.94. The zero-order valence-corrected chi connectivity index (χ0v) is 29.0. The molecule has 2 atom stereocenters. The van der Waals surface area contributed by atoms with Crippen molar-refractivity contribution in [2.75, 3.05) is 39.3 Å². The minimum atomic E-state index is -4.49. The lowest BCUT2D eigenvalue weighted by molar-refractivity contribution is -0.172. The summed E-state index contributed by atoms with van der Waals surface area (Å²) in [6, 6.07) is 6.97. The molecule has 0 radical (unpaired) electrons. The molecule has 1 N–H and O–H groups in total. The summed E-state index contributed by atoms with van der Waals surface area (Å²) in [6.45, 7) is 7.11. The number of benzene rings is 1. The van der Waals surface area contributed by atoms with Gasteiger partial charge >= 0.3 is 12.3 Å². The predicted octanol–water partition coefficient (Wildman–Crippen LogP) is 5.46. The molecule has 10 nitrogen and oxygen atoms in total. The average molecular weight is 707 g/mol. The minimum absolute atomic E-state index is 0.00898. The molecule has 1 aromatic heterocycles. The van der Waals surface area contributed by atoms with Gasteiger partial charge in [0.25, 0.3) is 11.5 Å². The van der Waals surface area contributed by atoms with Crippen molar-refractivity contribution in [1.29, 1.82) is 0 Å². The molecule has 0 unspecified atom stereocenters. The first-order valence-electron chi connectivity index (χ1n) is 17.2. The Labute approximate surface area is 289 Å². The molecule has 1 aliphatic carbocycles. The first-order valence-corrected chi connectivity index (χ1v) is 17.2. The number of carbonyl (C=O) groups is 3. The molecule has 2 aliphatic heterocycles. The smallest absolute Gasteiger partial charge is 0.410 e. The zero-order chi connectivity index (χ0) is 36.6. The Morgan fingerprint density at radius 3 is 2.14 bits per heavy atom. The van der Waals surface area contributed by atoms with Crippen molar-refractivity contribution < 1.29 is 41.8 Å². The highest BCUT2D eigenvalue weighted by Gasteiger charge is 2.56. The average Bonchev–Trinajstić information content (AvgIpc) is 3.51. The van der Waals surface area contributed by atoms with Crippen molar-refractivity contribution in [3.8, 4) is 11.1 Å². The maximum atomic E-state index is 15.1. The fourth-order valence-corrected chi connectivity index (χ4v) is 7.67. The number of piperazine rings is 1. The summed E-state index contributed by atoms with van der Waals surface area (Å²) in [7, 11) is 0. The van der Waals surface area contributed by atoms with E-state index in [9.17, 15) is 37.5 Å². The van der Waals surface area contributed by atoms with E-state index in [2.05, 4.69) is 0 Å². The maximum Gasteiger partial charge on any atom is 0.410 e. The van der Waals surface area contributed by atoms with Crippen LogP contribution in [0.4, 0.5) is 22.4 Å². The molecule has 3 heterocycles. The second-order valence-corrected chi connectivity index (χ2v) is 15.1. The summed E-state index contributed by atoms with van der Waals surface area (Å²) in [5.74, 6) is -3.01. The molecule has 3 fully saturated rings. The van der Waals surface area contributed by atoms with Crippen LogP contribution in [0.15, 0.2) is 41.3 Å². The summed E-state index contributed by atoms with van der Waals surface area (Å²) in [5, 5.41) is 12.3. The fourth-order valence-electron chi connectivity index (χ4n) is 7.67. The first-order chi connectivity index (χ1) is 23.3. The molecule has 1 spiro atoms. The SMILES string of the molecule is C[C@H](CC(F)(F)F)C(=O)N1CC[C@@](O)(Cn2cc(C(=O)N3CCN(C(=O)OC(C)(C)C)CC3)c(-c3ccccc3F)cc2=O)C2(CCCC2)C1. The molecule has 50 heavy (non-hydrogen) atoms. The van der Waals surface area contributed by atoms with Crippen LogP contribution in [0.2, 0.25) is 0 Å². The lowest BCUT2D eigenvalue weighted by Crippen LogP contribution is -2.62. The highest BCUT2D eigenvalue weighted by Crippen LogP contribution is 2.52. The number of ether oxygens (including phenoxy) is 1. The van der Waals surface area contributed by atoms with Gasteiger partial charge in [-0.05, 0) is 46.1 Å². The van der Waals surface area contributed by atoms with Crippen LogP contribution in [0, 0.1) is 17.2 Å². The van der Waals surface area contributed by atoms with Gasteiger partial charge < -0.3 is 29.1 Å². The number of halogens is 4. The third-order valence-electron chi connectivity index (χ3n) is 10.3. The molecule has 2 saturated heterocycles. The number of amides is 3. The van der Waals surface area contributed by atoms with Crippen LogP contribution in [-0.2, 0) is 16.1 Å². The Morgan fingerprint density at radius 2 is 1.54 bits per heavy atom. The van der Waals surface area contributed by atoms with Gasteiger partial charge in [-0.1, -0.05) is 38.0 Å². The molecule has 1 saturated carbocycles. The quantitative estimate of drug-likeness (QED) is 0.400. The van der Waals surface area contributed by atoms with Gasteiger partial charge in [0.15, 0.2) is 0 Å². The van der Waals surface area contributed by atoms with Gasteiger partial charge in [0.1, 0.15) is 11.4 Å². The van der Waals surface area contributed by atoms with Crippen molar-refractivity contribution in [3.05, 3.63) is 58.3 Å². The van der Waals surface area contributed by atoms with Gasteiger partial charge in [0.2, 0.25) is 5.91 Å². The highest BCUT2D eigenvalue weighted by atomic mass is 19.4. The Bertz CT molecular complexity index is 1660. The molecule has 14 heteroatoms. The second kappa shape index (κ2) is 14.0. The number of hydrogen-bond donors (Lipinski definition) is 1. The van der Waals surface area contributed by atoms with Gasteiger partial charge in [-0.3, -0.25) is 14.4 Å². The van der Waals surface area contributed by atoms with E-state index in [0.717, 1.165) is 12.8 Å². The number of likely N-dealkylation sites (tertiary alicyclic amines) is 1. The van der Waals surface area contributed by atoms with Crippen molar-refractivity contribution in [1.82, 2.24) is 19.3 Å². The number of hydrogen-bond acceptors (Lipinski definition) is 6. The summed E-state index contributed by atoms with van der Waals surface area (Å²) >= 11 is 0. The van der Waals surface area contributed by atoms with Crippen LogP contribution in [0.3, 0.4) is 0 Å². The van der Waals surface area contributed by atoms with Crippen LogP contribution in [0.5, 0.6) is 0 Å². The maximum absolute atomic E-state index is 15.1. The van der Waals surface area contributed by atoms with Crippen molar-refractivity contribution in [3.63, 3.8) is 0 Å². The molecule has 274 valence electrons. The van der Waals surface area contributed by atoms with E-state index in [1.807, 2.05) is 0 Å². The lowest BCUT2D eigenvalue weighted by atomic mass is 9.65. The lowest BCUT2D eigenvalue weighted by Gasteiger charge is -2.52. The van der Waals surface area contributed by atoms with E-state index in [4.69, 9.17) is 4.74 Å². The topological polar surface area (TPSA) is 112 Å². The van der Waals surface area contributed by atoms with Gasteiger partial charge in [-0.2, -0.15) is 13.2 Å². The molecule has 2 aromatic rings. The third-order valence-corrected chi connectivity index (χ3v) is 10.3. The minimum Gasteiger partial charge on any atom is -0.444 e. The number of rotatable bonds is 6. The van der Waals surface area contributed by atoms with Crippen LogP contribution in [0.1, 0.15) is 76.6 Å². The predicted molar refractivity (Wildman–Crippen MR) is 177 cm³/mol. The Balaban J connectivity index is 1.44. The van der Waals surface area contributed by atoms with E-state index in [-0.39, 0.29) is 68.9 Å². The van der Waals surface area contributed by atoms with Gasteiger partial charge in [0, 0.05) is 74.0 Å². The summed E-state index contributed by atoms with van der Waals surface area (Å²) in [6.07, 6.45) is -2.37. The standard InChI is InChI=1S/C36H46F4N4O6/c1-24(20-36(38,39)40)30(46)43-14-13-35(49,34(22-43)11-7-8-12-34)23-44-21-27(26(19-29(44)45)25-9-5-6-10-28(25)37)31(47)41-15-17-42(18-16-41)32(48)50-33(2,3)4/h5-6,9-10,19,21,24,49H,7-8,11-18,20,22-23H2,1-4H3/t24-,35-/m1/s1. The molecular formula is C36H46F4N4O6. The molecule has 3 aliphatic rings. The zero-order valence-electron chi connectivity index (χ0n) is 29.0. The monoisotopic (exact) mass is 706 g/mol. The van der Waals surface area contributed by atoms with E-state index >= 15 is 4.39 Å². The summed E-state index contributed by atoms with van der Waals surface area (Å²) < 4.78 is 61.1. The van der Waals surface area contributed by atoms with Crippen molar-refractivity contribution >= 4 is 17.9 Å². The van der Waals surface area contributed by atoms with E-state index in [1.165, 1.54) is 56.7 Å². The van der Waals surface area contributed by atoms with E-state index in [1.54, 1.807) is 26.8 Å². The number of piperidine rings is 1. The van der Waals surface area contributed by atoms with Gasteiger partial charge in [-0.25, -0.2) is 9.18 Å². The van der Waals surface area contributed by atoms with Crippen molar-refractivity contribution in [2.45, 2.75) is 90.1 Å². The van der Waals surface area contributed by atoms with Crippen LogP contribution < -0.4 is 5.56 Å². The first kappa shape index (κ1) is 37.3. The number of carbonyl (C=O) groups excluding carboxylic acids is 3. The fraction of sp³-hybridized carbons (Fsp3) is 0.611. The molecule has 1 aromatic carbocycles. The molecule has 0 bridgehead atoms. The van der Waals surface area contributed by atoms with Gasteiger partial charge in [0.05, 0.1) is 24.1 Å². The number of pyridine rings is 1. The highest BCUT2D eigenvalue weighted by molar-refractivity contribution is 6.00. The van der Waals surface area contributed by atoms with E-state index < -0.39 is 64.4 Å². The number of aromatic nitrogens is 1. The van der Waals surface area contributed by atoms with Crippen molar-refractivity contribution in [2.24, 2.45) is 11.3 Å². The number of aliphatic hydroxyl groups is 1. The van der Waals surface area contributed by atoms with Crippen LogP contribution in [-0.4, -0.2) is 98.9 Å². The Kier molecular flexibility index (Phi) is 10.4. The summed E-state index contributed by atoms with van der Waals surface area (Å²) in [5.41, 5.74) is -3.47. The third kappa shape index (κ3) is 8.00. The number of nitrogens with zero attached hydrogens (tertiary/aromatic N) is 4. The van der Waals surface area contributed by atoms with Crippen LogP contribution in [0.25, 0.3) is 11.1 Å². The van der Waals surface area contributed by atoms with Gasteiger partial charge in [-0.15, -0.1) is 0 Å². The van der Waals surface area contributed by atoms with E-state index in [0.29, 0.717) is 12.8 Å². The molecule has 3 amide bonds. The molecule has 5 rings (SSSR count).